The zero-order chi connectivity index (χ0) is 12.3. The third-order valence-corrected chi connectivity index (χ3v) is 2.66. The quantitative estimate of drug-likeness (QED) is 0.499. The Bertz CT molecular complexity index is 428. The Morgan fingerprint density at radius 2 is 2.41 bits per heavy atom. The van der Waals surface area contributed by atoms with E-state index in [1.165, 1.54) is 18.2 Å². The molecule has 2 rings (SSSR count). The maximum absolute atomic E-state index is 13.2. The maximum atomic E-state index is 13.2. The van der Waals surface area contributed by atoms with E-state index >= 15 is 0 Å². The van der Waals surface area contributed by atoms with Crippen molar-refractivity contribution in [3.05, 3.63) is 29.6 Å². The van der Waals surface area contributed by atoms with Crippen molar-refractivity contribution in [1.29, 1.82) is 0 Å². The number of benzene rings is 1. The highest BCUT2D eigenvalue weighted by molar-refractivity contribution is 6.00. The summed E-state index contributed by atoms with van der Waals surface area (Å²) < 4.78 is 24.0. The molecule has 0 aliphatic carbocycles. The molecule has 0 bridgehead atoms. The first kappa shape index (κ1) is 11.9. The second-order valence-corrected chi connectivity index (χ2v) is 3.93. The predicted molar refractivity (Wildman–Crippen MR) is 60.2 cm³/mol. The molecule has 0 saturated carbocycles. The fourth-order valence-electron chi connectivity index (χ4n) is 1.73. The molecular formula is C12H14FNO3. The molecule has 0 spiro atoms. The van der Waals surface area contributed by atoms with Crippen molar-refractivity contribution in [2.45, 2.75) is 19.4 Å². The average Bonchev–Trinajstić information content (AvgIpc) is 2.81. The molecule has 0 aromatic heterocycles. The summed E-state index contributed by atoms with van der Waals surface area (Å²) in [6.45, 7) is 2.79. The van der Waals surface area contributed by atoms with Crippen molar-refractivity contribution < 1.29 is 19.1 Å². The van der Waals surface area contributed by atoms with Crippen LogP contribution in [0.15, 0.2) is 23.4 Å². The van der Waals surface area contributed by atoms with Crippen molar-refractivity contribution >= 4 is 5.71 Å². The SMILES string of the molecule is CC(=NO)c1ccc(F)cc1OC1CCOC1. The second-order valence-electron chi connectivity index (χ2n) is 3.93. The van der Waals surface area contributed by atoms with Crippen LogP contribution in [0.4, 0.5) is 4.39 Å². The number of nitrogens with zero attached hydrogens (tertiary/aromatic N) is 1. The molecule has 1 aliphatic heterocycles. The summed E-state index contributed by atoms with van der Waals surface area (Å²) in [5.41, 5.74) is 0.972. The minimum atomic E-state index is -0.381. The highest BCUT2D eigenvalue weighted by Crippen LogP contribution is 2.24. The van der Waals surface area contributed by atoms with E-state index in [1.807, 2.05) is 0 Å². The minimum absolute atomic E-state index is 0.0676. The first-order chi connectivity index (χ1) is 8.20. The zero-order valence-electron chi connectivity index (χ0n) is 9.52. The second kappa shape index (κ2) is 5.14. The third kappa shape index (κ3) is 2.74. The van der Waals surface area contributed by atoms with Crippen LogP contribution in [0.1, 0.15) is 18.9 Å². The molecule has 1 aromatic rings. The summed E-state index contributed by atoms with van der Waals surface area (Å²) in [5, 5.41) is 11.9. The van der Waals surface area contributed by atoms with Gasteiger partial charge in [-0.1, -0.05) is 5.16 Å². The Labute approximate surface area is 98.7 Å². The van der Waals surface area contributed by atoms with Crippen molar-refractivity contribution in [1.82, 2.24) is 0 Å². The first-order valence-corrected chi connectivity index (χ1v) is 5.43. The summed E-state index contributed by atoms with van der Waals surface area (Å²) in [6, 6.07) is 4.14. The molecule has 0 amide bonds. The van der Waals surface area contributed by atoms with E-state index in [9.17, 15) is 4.39 Å². The lowest BCUT2D eigenvalue weighted by molar-refractivity contribution is 0.141. The molecule has 92 valence electrons. The molecule has 1 unspecified atom stereocenters. The number of rotatable bonds is 3. The fraction of sp³-hybridized carbons (Fsp3) is 0.417. The van der Waals surface area contributed by atoms with Gasteiger partial charge in [0.1, 0.15) is 17.7 Å². The van der Waals surface area contributed by atoms with Crippen LogP contribution in [0, 0.1) is 5.82 Å². The summed E-state index contributed by atoms with van der Waals surface area (Å²) in [5.74, 6) is 0.00389. The molecule has 1 saturated heterocycles. The van der Waals surface area contributed by atoms with Gasteiger partial charge in [0.15, 0.2) is 0 Å². The van der Waals surface area contributed by atoms with Gasteiger partial charge in [-0.25, -0.2) is 4.39 Å². The van der Waals surface area contributed by atoms with Gasteiger partial charge in [0.05, 0.1) is 18.9 Å². The Balaban J connectivity index is 2.26. The van der Waals surface area contributed by atoms with Crippen LogP contribution >= 0.6 is 0 Å². The number of hydrogen-bond donors (Lipinski definition) is 1. The minimum Gasteiger partial charge on any atom is -0.487 e. The summed E-state index contributed by atoms with van der Waals surface area (Å²) >= 11 is 0. The van der Waals surface area contributed by atoms with E-state index in [2.05, 4.69) is 5.16 Å². The number of hydrogen-bond acceptors (Lipinski definition) is 4. The van der Waals surface area contributed by atoms with Crippen LogP contribution in [-0.2, 0) is 4.74 Å². The van der Waals surface area contributed by atoms with E-state index in [1.54, 1.807) is 6.92 Å². The Hall–Kier alpha value is -1.62. The van der Waals surface area contributed by atoms with Gasteiger partial charge >= 0.3 is 0 Å². The molecule has 1 heterocycles. The molecular weight excluding hydrogens is 225 g/mol. The van der Waals surface area contributed by atoms with Gasteiger partial charge < -0.3 is 14.7 Å². The Morgan fingerprint density at radius 3 is 3.06 bits per heavy atom. The lowest BCUT2D eigenvalue weighted by Gasteiger charge is -2.15. The van der Waals surface area contributed by atoms with Gasteiger partial charge in [-0.15, -0.1) is 0 Å². The van der Waals surface area contributed by atoms with E-state index in [0.29, 0.717) is 30.2 Å². The molecule has 1 aliphatic rings. The van der Waals surface area contributed by atoms with Gasteiger partial charge in [0, 0.05) is 18.1 Å². The number of oxime groups is 1. The third-order valence-electron chi connectivity index (χ3n) is 2.66. The lowest BCUT2D eigenvalue weighted by Crippen LogP contribution is -2.17. The average molecular weight is 239 g/mol. The molecule has 1 N–H and O–H groups in total. The summed E-state index contributed by atoms with van der Waals surface area (Å²) in [4.78, 5) is 0. The van der Waals surface area contributed by atoms with Crippen molar-refractivity contribution in [3.8, 4) is 5.75 Å². The van der Waals surface area contributed by atoms with E-state index in [4.69, 9.17) is 14.7 Å². The van der Waals surface area contributed by atoms with Crippen LogP contribution in [0.25, 0.3) is 0 Å². The largest absolute Gasteiger partial charge is 0.487 e. The van der Waals surface area contributed by atoms with Crippen LogP contribution in [0.5, 0.6) is 5.75 Å². The summed E-state index contributed by atoms with van der Waals surface area (Å²) in [7, 11) is 0. The fourth-order valence-corrected chi connectivity index (χ4v) is 1.73. The molecule has 0 radical (unpaired) electrons. The van der Waals surface area contributed by atoms with Crippen molar-refractivity contribution in [2.24, 2.45) is 5.16 Å². The van der Waals surface area contributed by atoms with Gasteiger partial charge in [0.2, 0.25) is 0 Å². The lowest BCUT2D eigenvalue weighted by atomic mass is 10.1. The maximum Gasteiger partial charge on any atom is 0.131 e. The molecule has 17 heavy (non-hydrogen) atoms. The van der Waals surface area contributed by atoms with Crippen LogP contribution < -0.4 is 4.74 Å². The smallest absolute Gasteiger partial charge is 0.131 e. The van der Waals surface area contributed by atoms with Crippen LogP contribution in [0.3, 0.4) is 0 Å². The topological polar surface area (TPSA) is 51.1 Å². The molecule has 1 atom stereocenters. The first-order valence-electron chi connectivity index (χ1n) is 5.43. The number of halogens is 1. The standard InChI is InChI=1S/C12H14FNO3/c1-8(14-15)11-3-2-9(13)6-12(11)17-10-4-5-16-7-10/h2-3,6,10,15H,4-5,7H2,1H3. The van der Waals surface area contributed by atoms with Gasteiger partial charge in [-0.2, -0.15) is 0 Å². The molecule has 1 fully saturated rings. The molecule has 4 nitrogen and oxygen atoms in total. The monoisotopic (exact) mass is 239 g/mol. The van der Waals surface area contributed by atoms with E-state index in [0.717, 1.165) is 6.42 Å². The zero-order valence-corrected chi connectivity index (χ0v) is 9.52. The normalized spacial score (nSPS) is 20.6. The van der Waals surface area contributed by atoms with Crippen LogP contribution in [-0.4, -0.2) is 30.2 Å². The molecule has 5 heteroatoms. The van der Waals surface area contributed by atoms with Gasteiger partial charge in [0.25, 0.3) is 0 Å². The predicted octanol–water partition coefficient (Wildman–Crippen LogP) is 2.19. The van der Waals surface area contributed by atoms with Crippen molar-refractivity contribution in [2.75, 3.05) is 13.2 Å². The Kier molecular flexibility index (Phi) is 3.58. The van der Waals surface area contributed by atoms with Crippen LogP contribution in [0.2, 0.25) is 0 Å². The van der Waals surface area contributed by atoms with E-state index in [-0.39, 0.29) is 11.9 Å². The summed E-state index contributed by atoms with van der Waals surface area (Å²) in [6.07, 6.45) is 0.715. The molecule has 1 aromatic carbocycles. The highest BCUT2D eigenvalue weighted by Gasteiger charge is 2.19. The number of ether oxygens (including phenoxy) is 2. The van der Waals surface area contributed by atoms with Gasteiger partial charge in [-0.3, -0.25) is 0 Å². The van der Waals surface area contributed by atoms with E-state index < -0.39 is 0 Å². The van der Waals surface area contributed by atoms with Crippen molar-refractivity contribution in [3.63, 3.8) is 0 Å². The highest BCUT2D eigenvalue weighted by atomic mass is 19.1. The Morgan fingerprint density at radius 1 is 1.59 bits per heavy atom. The van der Waals surface area contributed by atoms with Gasteiger partial charge in [-0.05, 0) is 19.1 Å².